The van der Waals surface area contributed by atoms with Crippen LogP contribution < -0.4 is 4.90 Å². The van der Waals surface area contributed by atoms with Gasteiger partial charge in [0.1, 0.15) is 5.82 Å². The van der Waals surface area contributed by atoms with Crippen molar-refractivity contribution in [1.29, 1.82) is 0 Å². The lowest BCUT2D eigenvalue weighted by Crippen LogP contribution is -2.46. The minimum absolute atomic E-state index is 0.180. The predicted octanol–water partition coefficient (Wildman–Crippen LogP) is 5.42. The number of fused-ring (bicyclic) bond motifs is 4. The van der Waals surface area contributed by atoms with Crippen molar-refractivity contribution in [3.63, 3.8) is 0 Å². The number of halogens is 1. The summed E-state index contributed by atoms with van der Waals surface area (Å²) in [6.45, 7) is 0.954. The molecular formula is C25H22FNO2. The van der Waals surface area contributed by atoms with Gasteiger partial charge in [-0.25, -0.2) is 9.18 Å². The van der Waals surface area contributed by atoms with Crippen molar-refractivity contribution in [3.05, 3.63) is 88.8 Å². The molecule has 3 nitrogen and oxygen atoms in total. The first-order chi connectivity index (χ1) is 14.1. The van der Waals surface area contributed by atoms with Crippen molar-refractivity contribution in [2.24, 2.45) is 11.8 Å². The van der Waals surface area contributed by atoms with E-state index in [4.69, 9.17) is 0 Å². The molecule has 0 amide bonds. The molecule has 0 unspecified atom stereocenters. The summed E-state index contributed by atoms with van der Waals surface area (Å²) in [6, 6.07) is 10.9. The van der Waals surface area contributed by atoms with Gasteiger partial charge in [-0.3, -0.25) is 0 Å². The van der Waals surface area contributed by atoms with Crippen molar-refractivity contribution in [2.75, 3.05) is 11.4 Å². The number of benzene rings is 2. The van der Waals surface area contributed by atoms with Gasteiger partial charge in [0.25, 0.3) is 0 Å². The average molecular weight is 387 g/mol. The maximum atomic E-state index is 13.6. The molecule has 0 aromatic heterocycles. The molecule has 4 heteroatoms. The van der Waals surface area contributed by atoms with Crippen LogP contribution in [0, 0.1) is 17.7 Å². The minimum atomic E-state index is -0.862. The first-order valence-electron chi connectivity index (χ1n) is 10.4. The Morgan fingerprint density at radius 3 is 2.45 bits per heavy atom. The largest absolute Gasteiger partial charge is 0.478 e. The molecule has 0 radical (unpaired) electrons. The van der Waals surface area contributed by atoms with Crippen LogP contribution >= 0.6 is 0 Å². The number of hydrogen-bond acceptors (Lipinski definition) is 2. The van der Waals surface area contributed by atoms with E-state index in [0.717, 1.165) is 36.1 Å². The summed E-state index contributed by atoms with van der Waals surface area (Å²) < 4.78 is 13.6. The van der Waals surface area contributed by atoms with E-state index in [1.165, 1.54) is 5.69 Å². The Balaban J connectivity index is 1.59. The van der Waals surface area contributed by atoms with Gasteiger partial charge in [0.15, 0.2) is 0 Å². The van der Waals surface area contributed by atoms with Gasteiger partial charge in [-0.2, -0.15) is 0 Å². The highest BCUT2D eigenvalue weighted by atomic mass is 19.1. The topological polar surface area (TPSA) is 40.5 Å². The first-order valence-corrected chi connectivity index (χ1v) is 10.4. The molecule has 6 rings (SSSR count). The minimum Gasteiger partial charge on any atom is -0.478 e. The van der Waals surface area contributed by atoms with Crippen LogP contribution in [0.2, 0.25) is 0 Å². The maximum Gasteiger partial charge on any atom is 0.335 e. The van der Waals surface area contributed by atoms with Gasteiger partial charge in [-0.05, 0) is 65.6 Å². The Morgan fingerprint density at radius 1 is 1.00 bits per heavy atom. The van der Waals surface area contributed by atoms with Crippen LogP contribution in [0.3, 0.4) is 0 Å². The SMILES string of the molecule is O=C(O)c1cc2c3c(c1)[C@@H]1C=CC[C@@H]1[C@H](c1ccc(F)cc1)N3C[C@H]1CC=C[C@@H]21. The van der Waals surface area contributed by atoms with Crippen LogP contribution in [0.4, 0.5) is 10.1 Å². The second-order valence-electron chi connectivity index (χ2n) is 8.76. The zero-order valence-corrected chi connectivity index (χ0v) is 16.0. The summed E-state index contributed by atoms with van der Waals surface area (Å²) in [5.74, 6) is 0.228. The third-order valence-electron chi connectivity index (χ3n) is 7.31. The number of carboxylic acid groups (broad SMARTS) is 1. The second kappa shape index (κ2) is 6.06. The van der Waals surface area contributed by atoms with Gasteiger partial charge in [-0.15, -0.1) is 0 Å². The third kappa shape index (κ3) is 2.38. The van der Waals surface area contributed by atoms with Crippen LogP contribution in [0.15, 0.2) is 60.7 Å². The number of allylic oxidation sites excluding steroid dienone is 4. The van der Waals surface area contributed by atoms with E-state index in [1.807, 2.05) is 24.3 Å². The smallest absolute Gasteiger partial charge is 0.335 e. The fourth-order valence-electron chi connectivity index (χ4n) is 6.14. The number of carbonyl (C=O) groups is 1. The molecule has 5 atom stereocenters. The Morgan fingerprint density at radius 2 is 1.69 bits per heavy atom. The highest BCUT2D eigenvalue weighted by Crippen LogP contribution is 2.58. The molecule has 0 saturated heterocycles. The van der Waals surface area contributed by atoms with E-state index in [-0.39, 0.29) is 23.7 Å². The molecule has 146 valence electrons. The molecule has 0 spiro atoms. The van der Waals surface area contributed by atoms with Crippen molar-refractivity contribution >= 4 is 11.7 Å². The zero-order chi connectivity index (χ0) is 19.7. The van der Waals surface area contributed by atoms with E-state index < -0.39 is 5.97 Å². The molecule has 2 aliphatic heterocycles. The normalized spacial score (nSPS) is 30.8. The van der Waals surface area contributed by atoms with Crippen molar-refractivity contribution in [1.82, 2.24) is 0 Å². The third-order valence-corrected chi connectivity index (χ3v) is 7.31. The molecule has 0 saturated carbocycles. The molecule has 29 heavy (non-hydrogen) atoms. The summed E-state index contributed by atoms with van der Waals surface area (Å²) in [5.41, 5.74) is 5.05. The number of carboxylic acids is 1. The number of nitrogens with zero attached hydrogens (tertiary/aromatic N) is 1. The highest BCUT2D eigenvalue weighted by molar-refractivity contribution is 5.90. The quantitative estimate of drug-likeness (QED) is 0.700. The van der Waals surface area contributed by atoms with Crippen LogP contribution in [0.5, 0.6) is 0 Å². The fourth-order valence-corrected chi connectivity index (χ4v) is 6.14. The zero-order valence-electron chi connectivity index (χ0n) is 16.0. The summed E-state index contributed by atoms with van der Waals surface area (Å²) in [7, 11) is 0. The molecule has 4 aliphatic rings. The van der Waals surface area contributed by atoms with E-state index >= 15 is 0 Å². The number of aromatic carboxylic acids is 1. The lowest BCUT2D eigenvalue weighted by Gasteiger charge is -2.51. The van der Waals surface area contributed by atoms with Gasteiger partial charge >= 0.3 is 5.97 Å². The molecule has 1 N–H and O–H groups in total. The molecular weight excluding hydrogens is 365 g/mol. The molecule has 0 fully saturated rings. The van der Waals surface area contributed by atoms with Gasteiger partial charge in [0.05, 0.1) is 11.6 Å². The summed E-state index contributed by atoms with van der Waals surface area (Å²) in [4.78, 5) is 14.4. The van der Waals surface area contributed by atoms with Crippen molar-refractivity contribution in [2.45, 2.75) is 30.7 Å². The van der Waals surface area contributed by atoms with Gasteiger partial charge in [0, 0.05) is 24.1 Å². The van der Waals surface area contributed by atoms with E-state index in [0.29, 0.717) is 17.4 Å². The van der Waals surface area contributed by atoms with E-state index in [1.54, 1.807) is 12.1 Å². The van der Waals surface area contributed by atoms with Crippen LogP contribution in [-0.2, 0) is 0 Å². The molecule has 2 aromatic rings. The van der Waals surface area contributed by atoms with Gasteiger partial charge in [0.2, 0.25) is 0 Å². The molecule has 2 aromatic carbocycles. The molecule has 0 bridgehead atoms. The summed E-state index contributed by atoms with van der Waals surface area (Å²) in [6.07, 6.45) is 11.0. The average Bonchev–Trinajstić information content (AvgIpc) is 3.38. The lowest BCUT2D eigenvalue weighted by molar-refractivity contribution is 0.0696. The standard InChI is InChI=1S/C25H22FNO2/c26-17-9-7-14(8-10-17)23-20-6-2-5-19(20)22-12-16(25(28)29)11-21-18-4-1-3-15(18)13-27(23)24(21)22/h1-2,4-5,7-12,15,18-20,23H,3,6,13H2,(H,28,29)/t15-,18-,19-,20+,23+/m1/s1. The summed E-state index contributed by atoms with van der Waals surface area (Å²) >= 11 is 0. The number of hydrogen-bond donors (Lipinski definition) is 1. The molecule has 2 aliphatic carbocycles. The summed E-state index contributed by atoms with van der Waals surface area (Å²) in [5, 5.41) is 9.74. The number of rotatable bonds is 2. The Bertz CT molecular complexity index is 1050. The lowest BCUT2D eigenvalue weighted by atomic mass is 9.70. The fraction of sp³-hybridized carbons (Fsp3) is 0.320. The molecule has 2 heterocycles. The van der Waals surface area contributed by atoms with Crippen LogP contribution in [-0.4, -0.2) is 17.6 Å². The Hall–Kier alpha value is -2.88. The maximum absolute atomic E-state index is 13.6. The Labute approximate surface area is 169 Å². The predicted molar refractivity (Wildman–Crippen MR) is 110 cm³/mol. The van der Waals surface area contributed by atoms with Gasteiger partial charge < -0.3 is 10.0 Å². The van der Waals surface area contributed by atoms with Crippen molar-refractivity contribution in [3.8, 4) is 0 Å². The van der Waals surface area contributed by atoms with E-state index in [2.05, 4.69) is 29.2 Å². The monoisotopic (exact) mass is 387 g/mol. The van der Waals surface area contributed by atoms with Crippen molar-refractivity contribution < 1.29 is 14.3 Å². The highest BCUT2D eigenvalue weighted by Gasteiger charge is 2.48. The number of anilines is 1. The first kappa shape index (κ1) is 17.0. The second-order valence-corrected chi connectivity index (χ2v) is 8.76. The van der Waals surface area contributed by atoms with Crippen LogP contribution in [0.1, 0.15) is 57.8 Å². The Kier molecular flexibility index (Phi) is 3.55. The van der Waals surface area contributed by atoms with E-state index in [9.17, 15) is 14.3 Å². The van der Waals surface area contributed by atoms with Crippen LogP contribution in [0.25, 0.3) is 0 Å². The van der Waals surface area contributed by atoms with Gasteiger partial charge in [-0.1, -0.05) is 36.4 Å².